The van der Waals surface area contributed by atoms with Crippen LogP contribution in [0, 0.1) is 53.3 Å². The molecule has 0 spiro atoms. The normalized spacial score (nSPS) is 41.3. The topological polar surface area (TPSA) is 66.0 Å². The van der Waals surface area contributed by atoms with Crippen molar-refractivity contribution in [2.75, 3.05) is 0 Å². The first kappa shape index (κ1) is 20.0. The molecule has 6 bridgehead atoms. The molecular weight excluding hydrogens is 414 g/mol. The zero-order valence-corrected chi connectivity index (χ0v) is 19.1. The molecule has 33 heavy (non-hydrogen) atoms. The van der Waals surface area contributed by atoms with Crippen LogP contribution >= 0.6 is 0 Å². The van der Waals surface area contributed by atoms with Crippen molar-refractivity contribution in [2.45, 2.75) is 58.2 Å². The molecule has 0 N–H and O–H groups in total. The van der Waals surface area contributed by atoms with Crippen molar-refractivity contribution in [1.29, 1.82) is 0 Å². The monoisotopic (exact) mass is 447 g/mol. The molecule has 0 aliphatic heterocycles. The Morgan fingerprint density at radius 1 is 0.485 bits per heavy atom. The third kappa shape index (κ3) is 3.16. The average Bonchev–Trinajstić information content (AvgIpc) is 3.64. The molecule has 6 aliphatic carbocycles. The predicted molar refractivity (Wildman–Crippen MR) is 126 cm³/mol. The first-order valence-electron chi connectivity index (χ1n) is 13.0. The average molecular weight is 448 g/mol. The molecule has 3 saturated carbocycles. The van der Waals surface area contributed by atoms with Crippen LogP contribution in [-0.4, -0.2) is 13.7 Å². The van der Waals surface area contributed by atoms with Gasteiger partial charge in [0.2, 0.25) is 0 Å². The summed E-state index contributed by atoms with van der Waals surface area (Å²) in [6, 6.07) is 0. The Kier molecular flexibility index (Phi) is 4.44. The molecule has 0 amide bonds. The third-order valence-electron chi connectivity index (χ3n) is 9.89. The maximum atomic E-state index is 13.6. The van der Waals surface area contributed by atoms with E-state index in [9.17, 15) is 14.4 Å². The Hall–Kier alpha value is -2.37. The van der Waals surface area contributed by atoms with Gasteiger partial charge in [-0.1, -0.05) is 36.5 Å². The fourth-order valence-electron chi connectivity index (χ4n) is 8.17. The summed E-state index contributed by atoms with van der Waals surface area (Å²) in [6.45, 7) is 1.32. The molecule has 0 radical (unpaired) electrons. The van der Waals surface area contributed by atoms with E-state index in [1.54, 1.807) is 0 Å². The van der Waals surface area contributed by atoms with Gasteiger partial charge in [-0.25, -0.2) is 28.1 Å². The van der Waals surface area contributed by atoms with Crippen LogP contribution < -0.4 is 17.1 Å². The summed E-state index contributed by atoms with van der Waals surface area (Å²) >= 11 is 0. The molecule has 9 unspecified atom stereocenters. The van der Waals surface area contributed by atoms with Crippen molar-refractivity contribution < 1.29 is 0 Å². The summed E-state index contributed by atoms with van der Waals surface area (Å²) in [5.74, 6) is 4.10. The lowest BCUT2D eigenvalue weighted by Crippen LogP contribution is -2.56. The van der Waals surface area contributed by atoms with Crippen molar-refractivity contribution >= 4 is 0 Å². The maximum Gasteiger partial charge on any atom is 0.336 e. The van der Waals surface area contributed by atoms with E-state index in [-0.39, 0.29) is 17.1 Å². The molecule has 1 aromatic heterocycles. The molecular formula is C27H33N3O3. The van der Waals surface area contributed by atoms with Crippen LogP contribution in [0.4, 0.5) is 0 Å². The molecule has 7 rings (SSSR count). The van der Waals surface area contributed by atoms with Gasteiger partial charge >= 0.3 is 17.1 Å². The van der Waals surface area contributed by atoms with Gasteiger partial charge in [-0.2, -0.15) is 0 Å². The number of rotatable bonds is 6. The summed E-state index contributed by atoms with van der Waals surface area (Å²) in [5.41, 5.74) is -1.15. The van der Waals surface area contributed by atoms with E-state index in [1.165, 1.54) is 13.7 Å². The Balaban J connectivity index is 1.27. The van der Waals surface area contributed by atoms with Crippen LogP contribution in [0.5, 0.6) is 0 Å². The van der Waals surface area contributed by atoms with Gasteiger partial charge in [0.1, 0.15) is 0 Å². The second-order valence-corrected chi connectivity index (χ2v) is 11.8. The minimum absolute atomic E-state index is 0.320. The number of hydrogen-bond donors (Lipinski definition) is 0. The lowest BCUT2D eigenvalue weighted by Gasteiger charge is -2.24. The van der Waals surface area contributed by atoms with Crippen molar-refractivity contribution in [3.63, 3.8) is 0 Å². The zero-order chi connectivity index (χ0) is 22.3. The first-order valence-corrected chi connectivity index (χ1v) is 13.0. The van der Waals surface area contributed by atoms with Gasteiger partial charge in [-0.05, 0) is 91.8 Å². The van der Waals surface area contributed by atoms with Crippen LogP contribution in [0.25, 0.3) is 0 Å². The molecule has 6 heteroatoms. The minimum atomic E-state index is -0.382. The number of allylic oxidation sites excluding steroid dienone is 6. The van der Waals surface area contributed by atoms with E-state index in [0.29, 0.717) is 72.9 Å². The molecule has 0 aromatic carbocycles. The van der Waals surface area contributed by atoms with Crippen molar-refractivity contribution in [2.24, 2.45) is 53.3 Å². The molecule has 6 aliphatic rings. The maximum absolute atomic E-state index is 13.6. The highest BCUT2D eigenvalue weighted by Crippen LogP contribution is 2.45. The summed E-state index contributed by atoms with van der Waals surface area (Å²) in [4.78, 5) is 40.7. The highest BCUT2D eigenvalue weighted by Gasteiger charge is 2.40. The summed E-state index contributed by atoms with van der Waals surface area (Å²) < 4.78 is 4.27. The van der Waals surface area contributed by atoms with E-state index >= 15 is 0 Å². The molecule has 1 aromatic rings. The fraction of sp³-hybridized carbons (Fsp3) is 0.667. The highest BCUT2D eigenvalue weighted by atomic mass is 16.2. The fourth-order valence-corrected chi connectivity index (χ4v) is 8.17. The molecule has 174 valence electrons. The first-order chi connectivity index (χ1) is 16.0. The number of aromatic nitrogens is 3. The SMILES string of the molecule is O=c1n(CC2CC3C=CC2C3)c(=O)n(CC2CC3C=CC2C3)c(=O)n1CC1CC2C=CC1C2. The van der Waals surface area contributed by atoms with E-state index in [1.807, 2.05) is 0 Å². The zero-order valence-electron chi connectivity index (χ0n) is 19.1. The van der Waals surface area contributed by atoms with Gasteiger partial charge in [0.25, 0.3) is 0 Å². The van der Waals surface area contributed by atoms with Gasteiger partial charge in [0.15, 0.2) is 0 Å². The molecule has 1 heterocycles. The van der Waals surface area contributed by atoms with Gasteiger partial charge in [0.05, 0.1) is 0 Å². The van der Waals surface area contributed by atoms with Crippen molar-refractivity contribution in [3.05, 3.63) is 67.9 Å². The number of fused-ring (bicyclic) bond motifs is 6. The largest absolute Gasteiger partial charge is 0.336 e. The number of nitrogens with zero attached hydrogens (tertiary/aromatic N) is 3. The number of hydrogen-bond acceptors (Lipinski definition) is 3. The Morgan fingerprint density at radius 3 is 1.00 bits per heavy atom. The van der Waals surface area contributed by atoms with E-state index < -0.39 is 0 Å². The van der Waals surface area contributed by atoms with Crippen LogP contribution in [0.2, 0.25) is 0 Å². The Labute approximate surface area is 193 Å². The van der Waals surface area contributed by atoms with Gasteiger partial charge in [-0.15, -0.1) is 0 Å². The molecule has 3 fully saturated rings. The minimum Gasteiger partial charge on any atom is -0.247 e. The Bertz CT molecular complexity index is 1060. The van der Waals surface area contributed by atoms with E-state index in [4.69, 9.17) is 0 Å². The molecule has 6 nitrogen and oxygen atoms in total. The lowest BCUT2D eigenvalue weighted by atomic mass is 9.93. The van der Waals surface area contributed by atoms with E-state index in [2.05, 4.69) is 36.5 Å². The molecule has 9 atom stereocenters. The quantitative estimate of drug-likeness (QED) is 0.630. The Morgan fingerprint density at radius 2 is 0.788 bits per heavy atom. The van der Waals surface area contributed by atoms with Gasteiger partial charge in [-0.3, -0.25) is 0 Å². The van der Waals surface area contributed by atoms with Gasteiger partial charge < -0.3 is 0 Å². The summed E-state index contributed by atoms with van der Waals surface area (Å²) in [7, 11) is 0. The van der Waals surface area contributed by atoms with Gasteiger partial charge in [0, 0.05) is 19.6 Å². The van der Waals surface area contributed by atoms with E-state index in [0.717, 1.165) is 38.5 Å². The molecule has 0 saturated heterocycles. The second-order valence-electron chi connectivity index (χ2n) is 11.8. The highest BCUT2D eigenvalue weighted by molar-refractivity contribution is 5.12. The van der Waals surface area contributed by atoms with Crippen LogP contribution in [0.3, 0.4) is 0 Å². The van der Waals surface area contributed by atoms with Crippen molar-refractivity contribution in [3.8, 4) is 0 Å². The smallest absolute Gasteiger partial charge is 0.247 e. The van der Waals surface area contributed by atoms with Crippen LogP contribution in [-0.2, 0) is 19.6 Å². The second kappa shape index (κ2) is 7.31. The standard InChI is InChI=1S/C27H33N3O3/c31-25-28(13-22-10-16-1-4-19(22)7-16)26(32)30(15-24-12-18-3-6-21(24)9-18)27(33)29(25)14-23-11-17-2-5-20(23)8-17/h1-6,16-24H,7-15H2. The summed E-state index contributed by atoms with van der Waals surface area (Å²) in [5, 5.41) is 0. The van der Waals surface area contributed by atoms with Crippen molar-refractivity contribution in [1.82, 2.24) is 13.7 Å². The van der Waals surface area contributed by atoms with Crippen LogP contribution in [0.1, 0.15) is 38.5 Å². The van der Waals surface area contributed by atoms with Crippen LogP contribution in [0.15, 0.2) is 50.8 Å². The predicted octanol–water partition coefficient (Wildman–Crippen LogP) is 2.81. The third-order valence-corrected chi connectivity index (χ3v) is 9.89. The summed E-state index contributed by atoms with van der Waals surface area (Å²) in [6.07, 6.45) is 20.2. The lowest BCUT2D eigenvalue weighted by molar-refractivity contribution is 0.295.